The van der Waals surface area contributed by atoms with Gasteiger partial charge in [-0.25, -0.2) is 0 Å². The van der Waals surface area contributed by atoms with Crippen LogP contribution in [0.25, 0.3) is 0 Å². The Morgan fingerprint density at radius 2 is 1.65 bits per heavy atom. The Balaban J connectivity index is 2.21. The molecule has 2 rings (SSSR count). The third-order valence-electron chi connectivity index (χ3n) is 2.84. The first-order chi connectivity index (χ1) is 8.31. The summed E-state index contributed by atoms with van der Waals surface area (Å²) in [6, 6.07) is 17.7. The van der Waals surface area contributed by atoms with Crippen molar-refractivity contribution in [1.82, 2.24) is 0 Å². The smallest absolute Gasteiger partial charge is 0.120 e. The highest BCUT2D eigenvalue weighted by Gasteiger charge is 2.12. The van der Waals surface area contributed by atoms with Crippen LogP contribution >= 0.6 is 0 Å². The summed E-state index contributed by atoms with van der Waals surface area (Å²) >= 11 is 0. The van der Waals surface area contributed by atoms with E-state index >= 15 is 0 Å². The second kappa shape index (κ2) is 5.39. The highest BCUT2D eigenvalue weighted by molar-refractivity contribution is 5.47. The van der Waals surface area contributed by atoms with Gasteiger partial charge in [-0.15, -0.1) is 0 Å². The molecule has 0 aromatic heterocycles. The maximum absolute atomic E-state index is 9.85. The molecule has 2 N–H and O–H groups in total. The average Bonchev–Trinajstić information content (AvgIpc) is 2.38. The number of rotatable bonds is 4. The fourth-order valence-electron chi connectivity index (χ4n) is 1.92. The first-order valence-corrected chi connectivity index (χ1v) is 5.90. The van der Waals surface area contributed by atoms with Gasteiger partial charge in [0.05, 0.1) is 6.04 Å². The van der Waals surface area contributed by atoms with Crippen LogP contribution in [0.4, 0.5) is 5.69 Å². The van der Waals surface area contributed by atoms with Crippen molar-refractivity contribution in [3.63, 3.8) is 0 Å². The van der Waals surface area contributed by atoms with Gasteiger partial charge in [0.1, 0.15) is 5.75 Å². The first kappa shape index (κ1) is 11.5. The summed E-state index contributed by atoms with van der Waals surface area (Å²) in [5, 5.41) is 13.3. The number of nitrogens with one attached hydrogen (secondary N) is 1. The highest BCUT2D eigenvalue weighted by atomic mass is 16.3. The number of hydrogen-bond acceptors (Lipinski definition) is 2. The number of benzene rings is 2. The molecule has 0 heterocycles. The third-order valence-corrected chi connectivity index (χ3v) is 2.84. The van der Waals surface area contributed by atoms with E-state index in [4.69, 9.17) is 0 Å². The van der Waals surface area contributed by atoms with Crippen LogP contribution in [0.3, 0.4) is 0 Å². The molecule has 2 aromatic carbocycles. The summed E-state index contributed by atoms with van der Waals surface area (Å²) in [5.74, 6) is 0.350. The molecule has 1 unspecified atom stereocenters. The Labute approximate surface area is 102 Å². The van der Waals surface area contributed by atoms with E-state index in [1.165, 1.54) is 0 Å². The summed E-state index contributed by atoms with van der Waals surface area (Å²) in [7, 11) is 0. The van der Waals surface area contributed by atoms with Crippen LogP contribution < -0.4 is 5.32 Å². The van der Waals surface area contributed by atoms with Crippen molar-refractivity contribution in [2.45, 2.75) is 19.4 Å². The van der Waals surface area contributed by atoms with Crippen LogP contribution in [-0.4, -0.2) is 5.11 Å². The van der Waals surface area contributed by atoms with Crippen LogP contribution in [0.15, 0.2) is 54.6 Å². The van der Waals surface area contributed by atoms with Gasteiger partial charge < -0.3 is 10.4 Å². The maximum atomic E-state index is 9.85. The molecule has 0 amide bonds. The van der Waals surface area contributed by atoms with Crippen molar-refractivity contribution in [1.29, 1.82) is 0 Å². The van der Waals surface area contributed by atoms with Gasteiger partial charge in [-0.05, 0) is 24.6 Å². The zero-order valence-electron chi connectivity index (χ0n) is 9.93. The van der Waals surface area contributed by atoms with Gasteiger partial charge in [0.15, 0.2) is 0 Å². The predicted octanol–water partition coefficient (Wildman–Crippen LogP) is 3.96. The number of hydrogen-bond donors (Lipinski definition) is 2. The summed E-state index contributed by atoms with van der Waals surface area (Å²) in [6.07, 6.45) is 0.923. The van der Waals surface area contributed by atoms with Crippen LogP contribution in [0.5, 0.6) is 5.75 Å². The van der Waals surface area contributed by atoms with Crippen LogP contribution in [-0.2, 0) is 0 Å². The van der Waals surface area contributed by atoms with E-state index in [0.29, 0.717) is 5.75 Å². The van der Waals surface area contributed by atoms with E-state index in [2.05, 4.69) is 12.2 Å². The molecule has 2 heteroatoms. The standard InChI is InChI=1S/C15H17NO/c1-2-14(13-10-6-7-11-15(13)17)16-12-8-4-3-5-9-12/h3-11,14,16-17H,2H2,1H3. The van der Waals surface area contributed by atoms with Gasteiger partial charge in [-0.1, -0.05) is 43.3 Å². The monoisotopic (exact) mass is 227 g/mol. The lowest BCUT2D eigenvalue weighted by atomic mass is 10.0. The van der Waals surface area contributed by atoms with Gasteiger partial charge in [0.25, 0.3) is 0 Å². The van der Waals surface area contributed by atoms with Gasteiger partial charge in [0, 0.05) is 11.3 Å². The van der Waals surface area contributed by atoms with E-state index in [-0.39, 0.29) is 6.04 Å². The second-order valence-electron chi connectivity index (χ2n) is 4.03. The van der Waals surface area contributed by atoms with E-state index < -0.39 is 0 Å². The Bertz CT molecular complexity index is 467. The fraction of sp³-hybridized carbons (Fsp3) is 0.200. The molecule has 0 radical (unpaired) electrons. The quantitative estimate of drug-likeness (QED) is 0.828. The van der Waals surface area contributed by atoms with Crippen LogP contribution in [0.1, 0.15) is 24.9 Å². The molecule has 0 aliphatic heterocycles. The van der Waals surface area contributed by atoms with Crippen LogP contribution in [0, 0.1) is 0 Å². The molecule has 0 aliphatic rings. The molecule has 1 atom stereocenters. The minimum atomic E-state index is 0.138. The van der Waals surface area contributed by atoms with Crippen molar-refractivity contribution in [2.75, 3.05) is 5.32 Å². The first-order valence-electron chi connectivity index (χ1n) is 5.90. The summed E-state index contributed by atoms with van der Waals surface area (Å²) in [6.45, 7) is 2.10. The average molecular weight is 227 g/mol. The Kier molecular flexibility index (Phi) is 3.66. The number of anilines is 1. The zero-order chi connectivity index (χ0) is 12.1. The number of phenols is 1. The SMILES string of the molecule is CCC(Nc1ccccc1)c1ccccc1O. The topological polar surface area (TPSA) is 32.3 Å². The zero-order valence-corrected chi connectivity index (χ0v) is 9.93. The normalized spacial score (nSPS) is 12.1. The lowest BCUT2D eigenvalue weighted by Crippen LogP contribution is -2.09. The lowest BCUT2D eigenvalue weighted by Gasteiger charge is -2.19. The van der Waals surface area contributed by atoms with E-state index in [1.54, 1.807) is 6.07 Å². The van der Waals surface area contributed by atoms with Crippen molar-refractivity contribution in [2.24, 2.45) is 0 Å². The molecule has 0 saturated carbocycles. The molecule has 0 saturated heterocycles. The number of para-hydroxylation sites is 2. The number of aromatic hydroxyl groups is 1. The lowest BCUT2D eigenvalue weighted by molar-refractivity contribution is 0.463. The molecular formula is C15H17NO. The minimum Gasteiger partial charge on any atom is -0.508 e. The second-order valence-corrected chi connectivity index (χ2v) is 4.03. The molecule has 2 nitrogen and oxygen atoms in total. The Morgan fingerprint density at radius 1 is 1.00 bits per heavy atom. The Morgan fingerprint density at radius 3 is 2.29 bits per heavy atom. The highest BCUT2D eigenvalue weighted by Crippen LogP contribution is 2.28. The van der Waals surface area contributed by atoms with Crippen molar-refractivity contribution >= 4 is 5.69 Å². The number of phenolic OH excluding ortho intramolecular Hbond substituents is 1. The summed E-state index contributed by atoms with van der Waals surface area (Å²) in [5.41, 5.74) is 2.02. The molecule has 0 fully saturated rings. The van der Waals surface area contributed by atoms with Crippen LogP contribution in [0.2, 0.25) is 0 Å². The predicted molar refractivity (Wildman–Crippen MR) is 71.2 cm³/mol. The third kappa shape index (κ3) is 2.78. The summed E-state index contributed by atoms with van der Waals surface area (Å²) in [4.78, 5) is 0. The van der Waals surface area contributed by atoms with Gasteiger partial charge in [-0.2, -0.15) is 0 Å². The van der Waals surface area contributed by atoms with Gasteiger partial charge in [-0.3, -0.25) is 0 Å². The van der Waals surface area contributed by atoms with Crippen molar-refractivity contribution < 1.29 is 5.11 Å². The molecule has 0 spiro atoms. The van der Waals surface area contributed by atoms with E-state index in [9.17, 15) is 5.11 Å². The summed E-state index contributed by atoms with van der Waals surface area (Å²) < 4.78 is 0. The molecule has 0 bridgehead atoms. The minimum absolute atomic E-state index is 0.138. The fourth-order valence-corrected chi connectivity index (χ4v) is 1.92. The molecule has 2 aromatic rings. The molecule has 17 heavy (non-hydrogen) atoms. The van der Waals surface area contributed by atoms with E-state index in [1.807, 2.05) is 48.5 Å². The van der Waals surface area contributed by atoms with Gasteiger partial charge in [0.2, 0.25) is 0 Å². The maximum Gasteiger partial charge on any atom is 0.120 e. The van der Waals surface area contributed by atoms with Crippen molar-refractivity contribution in [3.8, 4) is 5.75 Å². The van der Waals surface area contributed by atoms with E-state index in [0.717, 1.165) is 17.7 Å². The molecular weight excluding hydrogens is 210 g/mol. The van der Waals surface area contributed by atoms with Gasteiger partial charge >= 0.3 is 0 Å². The molecule has 0 aliphatic carbocycles. The Hall–Kier alpha value is -1.96. The molecule has 88 valence electrons. The largest absolute Gasteiger partial charge is 0.508 e. The van der Waals surface area contributed by atoms with Crippen molar-refractivity contribution in [3.05, 3.63) is 60.2 Å².